The minimum atomic E-state index is -0.125. The molecule has 182 valence electrons. The van der Waals surface area contributed by atoms with Crippen LogP contribution >= 0.6 is 0 Å². The summed E-state index contributed by atoms with van der Waals surface area (Å²) in [5.74, 6) is 0. The fourth-order valence-corrected chi connectivity index (χ4v) is 5.88. The molecule has 0 saturated heterocycles. The lowest BCUT2D eigenvalue weighted by Gasteiger charge is -2.22. The Kier molecular flexibility index (Phi) is 5.49. The number of benzene rings is 4. The minimum Gasteiger partial charge on any atom is -0.358 e. The van der Waals surface area contributed by atoms with Crippen molar-refractivity contribution in [2.45, 2.75) is 38.5 Å². The molecule has 0 atom stereocenters. The van der Waals surface area contributed by atoms with Crippen LogP contribution in [0.5, 0.6) is 0 Å². The summed E-state index contributed by atoms with van der Waals surface area (Å²) in [6.07, 6.45) is 14.8. The van der Waals surface area contributed by atoms with Crippen molar-refractivity contribution in [3.63, 3.8) is 0 Å². The Bertz CT molecular complexity index is 1690. The highest BCUT2D eigenvalue weighted by molar-refractivity contribution is 6.12. The van der Waals surface area contributed by atoms with Crippen LogP contribution in [-0.4, -0.2) is 5.71 Å². The maximum absolute atomic E-state index is 4.96. The molecule has 2 aliphatic rings. The highest BCUT2D eigenvalue weighted by Gasteiger charge is 2.36. The van der Waals surface area contributed by atoms with E-state index in [0.717, 1.165) is 11.4 Å². The van der Waals surface area contributed by atoms with E-state index in [9.17, 15) is 0 Å². The van der Waals surface area contributed by atoms with Crippen molar-refractivity contribution in [3.8, 4) is 0 Å². The predicted molar refractivity (Wildman–Crippen MR) is 160 cm³/mol. The highest BCUT2D eigenvalue weighted by atomic mass is 15.0. The first kappa shape index (κ1) is 23.2. The maximum Gasteiger partial charge on any atom is 0.0681 e. The van der Waals surface area contributed by atoms with Gasteiger partial charge in [-0.2, -0.15) is 0 Å². The van der Waals surface area contributed by atoms with Crippen LogP contribution in [0, 0.1) is 0 Å². The number of hydrogen-bond acceptors (Lipinski definition) is 2. The van der Waals surface area contributed by atoms with Crippen molar-refractivity contribution in [1.82, 2.24) is 0 Å². The number of aliphatic imine (C=N–C) groups is 1. The van der Waals surface area contributed by atoms with E-state index in [1.54, 1.807) is 0 Å². The Morgan fingerprint density at radius 1 is 0.622 bits per heavy atom. The van der Waals surface area contributed by atoms with Crippen LogP contribution in [0.15, 0.2) is 126 Å². The lowest BCUT2D eigenvalue weighted by molar-refractivity contribution is 0.659. The topological polar surface area (TPSA) is 24.4 Å². The van der Waals surface area contributed by atoms with Crippen LogP contribution < -0.4 is 5.32 Å². The molecule has 6 rings (SSSR count). The summed E-state index contributed by atoms with van der Waals surface area (Å²) in [5, 5.41) is 8.81. The summed E-state index contributed by atoms with van der Waals surface area (Å²) in [7, 11) is 0. The van der Waals surface area contributed by atoms with Gasteiger partial charge in [0.1, 0.15) is 0 Å². The van der Waals surface area contributed by atoms with Crippen LogP contribution in [0.3, 0.4) is 0 Å². The normalized spacial score (nSPS) is 18.8. The average molecular weight is 481 g/mol. The SMILES string of the molecule is CC1(C)C(C=CC=CC=CC=C2Nc3ccc4ccccc4c3C2(C)C)=Nc2ccc3ccccc3c21. The Balaban J connectivity index is 1.17. The summed E-state index contributed by atoms with van der Waals surface area (Å²) in [5.41, 5.74) is 7.09. The summed E-state index contributed by atoms with van der Waals surface area (Å²) in [4.78, 5) is 4.96. The number of fused-ring (bicyclic) bond motifs is 6. The first-order valence-corrected chi connectivity index (χ1v) is 13.0. The number of anilines is 1. The van der Waals surface area contributed by atoms with Gasteiger partial charge in [0, 0.05) is 22.2 Å². The zero-order chi connectivity index (χ0) is 25.6. The molecular weight excluding hydrogens is 448 g/mol. The van der Waals surface area contributed by atoms with E-state index in [1.165, 1.54) is 44.1 Å². The van der Waals surface area contributed by atoms with Gasteiger partial charge >= 0.3 is 0 Å². The van der Waals surface area contributed by atoms with Crippen molar-refractivity contribution < 1.29 is 0 Å². The molecule has 37 heavy (non-hydrogen) atoms. The second kappa shape index (κ2) is 8.74. The van der Waals surface area contributed by atoms with E-state index in [2.05, 4.69) is 148 Å². The summed E-state index contributed by atoms with van der Waals surface area (Å²) in [6, 6.07) is 25.9. The highest BCUT2D eigenvalue weighted by Crippen LogP contribution is 2.47. The van der Waals surface area contributed by atoms with E-state index in [0.29, 0.717) is 0 Å². The van der Waals surface area contributed by atoms with Crippen LogP contribution in [-0.2, 0) is 10.8 Å². The van der Waals surface area contributed by atoms with Gasteiger partial charge in [-0.15, -0.1) is 0 Å². The zero-order valence-corrected chi connectivity index (χ0v) is 21.9. The molecule has 2 aliphatic heterocycles. The van der Waals surface area contributed by atoms with Crippen LogP contribution in [0.2, 0.25) is 0 Å². The zero-order valence-electron chi connectivity index (χ0n) is 21.9. The third-order valence-corrected chi connectivity index (χ3v) is 7.87. The van der Waals surface area contributed by atoms with Crippen LogP contribution in [0.25, 0.3) is 21.5 Å². The fourth-order valence-electron chi connectivity index (χ4n) is 5.88. The van der Waals surface area contributed by atoms with Gasteiger partial charge in [0.15, 0.2) is 0 Å². The number of rotatable bonds is 4. The molecule has 4 aromatic carbocycles. The molecule has 0 saturated carbocycles. The molecule has 0 aromatic heterocycles. The van der Waals surface area contributed by atoms with Gasteiger partial charge in [-0.1, -0.05) is 119 Å². The van der Waals surface area contributed by atoms with E-state index in [4.69, 9.17) is 4.99 Å². The maximum atomic E-state index is 4.96. The molecular formula is C35H32N2. The minimum absolute atomic E-state index is 0.0739. The molecule has 4 aromatic rings. The molecule has 0 bridgehead atoms. The lowest BCUT2D eigenvalue weighted by atomic mass is 9.79. The molecule has 0 spiro atoms. The third kappa shape index (κ3) is 3.84. The van der Waals surface area contributed by atoms with Gasteiger partial charge in [-0.3, -0.25) is 4.99 Å². The monoisotopic (exact) mass is 480 g/mol. The predicted octanol–water partition coefficient (Wildman–Crippen LogP) is 9.31. The van der Waals surface area contributed by atoms with Crippen LogP contribution in [0.1, 0.15) is 38.8 Å². The Morgan fingerprint density at radius 3 is 2.00 bits per heavy atom. The summed E-state index contributed by atoms with van der Waals surface area (Å²) in [6.45, 7) is 9.12. The molecule has 0 unspecified atom stereocenters. The third-order valence-electron chi connectivity index (χ3n) is 7.87. The first-order valence-electron chi connectivity index (χ1n) is 13.0. The van der Waals surface area contributed by atoms with E-state index >= 15 is 0 Å². The number of nitrogens with zero attached hydrogens (tertiary/aromatic N) is 1. The van der Waals surface area contributed by atoms with Gasteiger partial charge in [0.25, 0.3) is 0 Å². The van der Waals surface area contributed by atoms with Crippen molar-refractivity contribution in [2.75, 3.05) is 5.32 Å². The Hall–Kier alpha value is -4.17. The molecule has 0 aliphatic carbocycles. The number of hydrogen-bond donors (Lipinski definition) is 1. The van der Waals surface area contributed by atoms with Crippen LogP contribution in [0.4, 0.5) is 11.4 Å². The quantitative estimate of drug-likeness (QED) is 0.289. The van der Waals surface area contributed by atoms with Gasteiger partial charge in [0.2, 0.25) is 0 Å². The first-order chi connectivity index (χ1) is 17.9. The molecule has 0 amide bonds. The molecule has 0 fully saturated rings. The van der Waals surface area contributed by atoms with Crippen molar-refractivity contribution in [1.29, 1.82) is 0 Å². The molecule has 2 nitrogen and oxygen atoms in total. The summed E-state index contributed by atoms with van der Waals surface area (Å²) >= 11 is 0. The van der Waals surface area contributed by atoms with Gasteiger partial charge in [-0.05, 0) is 57.0 Å². The second-order valence-corrected chi connectivity index (χ2v) is 11.0. The van der Waals surface area contributed by atoms with Crippen molar-refractivity contribution >= 4 is 38.6 Å². The smallest absolute Gasteiger partial charge is 0.0681 e. The Morgan fingerprint density at radius 2 is 1.24 bits per heavy atom. The van der Waals surface area contributed by atoms with E-state index < -0.39 is 0 Å². The van der Waals surface area contributed by atoms with Gasteiger partial charge < -0.3 is 5.32 Å². The van der Waals surface area contributed by atoms with E-state index in [1.807, 2.05) is 0 Å². The van der Waals surface area contributed by atoms with E-state index in [-0.39, 0.29) is 10.8 Å². The van der Waals surface area contributed by atoms with Crippen molar-refractivity contribution in [2.24, 2.45) is 4.99 Å². The van der Waals surface area contributed by atoms with Crippen molar-refractivity contribution in [3.05, 3.63) is 132 Å². The largest absolute Gasteiger partial charge is 0.358 e. The van der Waals surface area contributed by atoms with Gasteiger partial charge in [-0.25, -0.2) is 0 Å². The number of nitrogens with one attached hydrogen (secondary N) is 1. The number of allylic oxidation sites excluding steroid dienone is 8. The average Bonchev–Trinajstić information content (AvgIpc) is 3.32. The standard InChI is InChI=1S/C35H32N2/c1-34(2)30(36-28-22-20-24-14-10-12-16-26(24)32(28)34)18-8-6-5-7-9-19-31-35(3,4)33-27-17-13-11-15-25(27)21-23-29(33)37-31/h5-23,36H,1-4H3. The lowest BCUT2D eigenvalue weighted by Crippen LogP contribution is -2.24. The molecule has 2 heterocycles. The second-order valence-electron chi connectivity index (χ2n) is 11.0. The summed E-state index contributed by atoms with van der Waals surface area (Å²) < 4.78 is 0. The Labute approximate surface area is 219 Å². The molecule has 1 N–H and O–H groups in total. The molecule has 0 radical (unpaired) electrons. The van der Waals surface area contributed by atoms with Gasteiger partial charge in [0.05, 0.1) is 11.4 Å². The molecule has 2 heteroatoms. The fraction of sp³-hybridized carbons (Fsp3) is 0.171.